The van der Waals surface area contributed by atoms with Gasteiger partial charge in [0.2, 0.25) is 0 Å². The van der Waals surface area contributed by atoms with Crippen molar-refractivity contribution in [1.82, 2.24) is 9.61 Å². The zero-order valence-electron chi connectivity index (χ0n) is 23.5. The van der Waals surface area contributed by atoms with E-state index in [0.717, 1.165) is 105 Å². The summed E-state index contributed by atoms with van der Waals surface area (Å²) in [4.78, 5) is 2.64. The van der Waals surface area contributed by atoms with Crippen molar-refractivity contribution in [2.75, 3.05) is 59.1 Å². The highest BCUT2D eigenvalue weighted by molar-refractivity contribution is 5.82. The average Bonchev–Trinajstić information content (AvgIpc) is 3.69. The van der Waals surface area contributed by atoms with Gasteiger partial charge in [-0.1, -0.05) is 13.0 Å². The Bertz CT molecular complexity index is 1190. The highest BCUT2D eigenvalue weighted by Gasteiger charge is 2.30. The fraction of sp³-hybridized carbons (Fsp3) is 0.581. The summed E-state index contributed by atoms with van der Waals surface area (Å²) < 4.78 is 24.9. The lowest BCUT2D eigenvalue weighted by atomic mass is 9.99. The first-order valence-electron chi connectivity index (χ1n) is 14.2. The van der Waals surface area contributed by atoms with Gasteiger partial charge in [0.1, 0.15) is 11.5 Å². The Kier molecular flexibility index (Phi) is 8.75. The summed E-state index contributed by atoms with van der Waals surface area (Å²) in [7, 11) is 5.20. The summed E-state index contributed by atoms with van der Waals surface area (Å²) in [5.74, 6) is 3.06. The van der Waals surface area contributed by atoms with Gasteiger partial charge >= 0.3 is 0 Å². The summed E-state index contributed by atoms with van der Waals surface area (Å²) in [5, 5.41) is 5.21. The minimum absolute atomic E-state index is 0.663. The van der Waals surface area contributed by atoms with Gasteiger partial charge in [-0.25, -0.2) is 4.52 Å². The minimum Gasteiger partial charge on any atom is -0.496 e. The number of benzene rings is 1. The van der Waals surface area contributed by atoms with Crippen molar-refractivity contribution in [1.29, 1.82) is 0 Å². The van der Waals surface area contributed by atoms with E-state index in [4.69, 9.17) is 24.0 Å². The van der Waals surface area contributed by atoms with E-state index in [1.54, 1.807) is 21.3 Å². The first-order valence-corrected chi connectivity index (χ1v) is 14.2. The lowest BCUT2D eigenvalue weighted by Gasteiger charge is -2.31. The van der Waals surface area contributed by atoms with Crippen molar-refractivity contribution in [3.8, 4) is 22.8 Å². The van der Waals surface area contributed by atoms with Crippen LogP contribution in [0.1, 0.15) is 50.3 Å². The van der Waals surface area contributed by atoms with Gasteiger partial charge in [0.25, 0.3) is 0 Å². The molecule has 2 fully saturated rings. The van der Waals surface area contributed by atoms with Gasteiger partial charge < -0.3 is 23.8 Å². The average molecular weight is 522 g/mol. The Morgan fingerprint density at radius 1 is 0.974 bits per heavy atom. The Morgan fingerprint density at radius 2 is 1.66 bits per heavy atom. The maximum Gasteiger partial charge on any atom is 0.132 e. The van der Waals surface area contributed by atoms with E-state index < -0.39 is 0 Å². The van der Waals surface area contributed by atoms with Crippen molar-refractivity contribution in [2.45, 2.75) is 51.9 Å². The molecule has 3 aromatic rings. The molecule has 2 aromatic heterocycles. The van der Waals surface area contributed by atoms with Crippen molar-refractivity contribution < 1.29 is 18.9 Å². The summed E-state index contributed by atoms with van der Waals surface area (Å²) in [6.45, 7) is 6.88. The van der Waals surface area contributed by atoms with Crippen LogP contribution in [0.5, 0.6) is 11.5 Å². The lowest BCUT2D eigenvalue weighted by Crippen LogP contribution is -2.34. The fourth-order valence-corrected chi connectivity index (χ4v) is 5.77. The quantitative estimate of drug-likeness (QED) is 0.265. The third-order valence-electron chi connectivity index (χ3n) is 7.98. The largest absolute Gasteiger partial charge is 0.496 e. The van der Waals surface area contributed by atoms with Crippen LogP contribution in [0.4, 0.5) is 5.69 Å². The number of methoxy groups -OCH3 is 3. The van der Waals surface area contributed by atoms with E-state index in [1.807, 2.05) is 0 Å². The number of rotatable bonds is 13. The fourth-order valence-electron chi connectivity index (χ4n) is 5.77. The van der Waals surface area contributed by atoms with Crippen LogP contribution in [-0.4, -0.2) is 63.9 Å². The molecule has 1 saturated heterocycles. The summed E-state index contributed by atoms with van der Waals surface area (Å²) >= 11 is 0. The number of fused-ring (bicyclic) bond motifs is 1. The van der Waals surface area contributed by atoms with Crippen LogP contribution in [0.3, 0.4) is 0 Å². The smallest absolute Gasteiger partial charge is 0.132 e. The maximum absolute atomic E-state index is 5.94. The number of ether oxygens (including phenoxy) is 4. The third-order valence-corrected chi connectivity index (χ3v) is 7.98. The molecule has 1 aliphatic carbocycles. The first kappa shape index (κ1) is 26.8. The highest BCUT2D eigenvalue weighted by atomic mass is 16.5. The first-order chi connectivity index (χ1) is 18.7. The molecule has 2 aliphatic rings. The van der Waals surface area contributed by atoms with Crippen LogP contribution in [0, 0.1) is 11.8 Å². The second-order valence-corrected chi connectivity index (χ2v) is 10.7. The van der Waals surface area contributed by atoms with Crippen molar-refractivity contribution >= 4 is 11.2 Å². The molecule has 1 aromatic carbocycles. The number of aromatic nitrogens is 2. The predicted molar refractivity (Wildman–Crippen MR) is 152 cm³/mol. The highest BCUT2D eigenvalue weighted by Crippen LogP contribution is 2.42. The second kappa shape index (κ2) is 12.4. The van der Waals surface area contributed by atoms with E-state index in [9.17, 15) is 0 Å². The Hall–Kier alpha value is -2.77. The van der Waals surface area contributed by atoms with Crippen LogP contribution in [0.2, 0.25) is 0 Å². The number of aryl methyl sites for hydroxylation is 2. The van der Waals surface area contributed by atoms with Gasteiger partial charge in [0, 0.05) is 40.0 Å². The Labute approximate surface area is 227 Å². The van der Waals surface area contributed by atoms with Gasteiger partial charge in [-0.3, -0.25) is 0 Å². The number of anilines is 1. The minimum atomic E-state index is 0.663. The summed E-state index contributed by atoms with van der Waals surface area (Å²) in [6.07, 6.45) is 7.68. The normalized spacial score (nSPS) is 16.2. The molecule has 38 heavy (non-hydrogen) atoms. The number of nitrogens with zero attached hydrogens (tertiary/aromatic N) is 3. The van der Waals surface area contributed by atoms with Gasteiger partial charge in [-0.2, -0.15) is 5.10 Å². The van der Waals surface area contributed by atoms with Gasteiger partial charge in [0.15, 0.2) is 0 Å². The molecule has 0 spiro atoms. The standard InChI is InChI=1S/C31H43N3O4/c1-5-25-31(33(20-22-11-12-22)21-23-13-16-38-17-14-23)27-10-6-9-26(34(27)32-25)30-28(36-3)18-24(8-7-15-35-2)19-29(30)37-4/h6,9-10,18-19,22-23H,5,7-8,11-17,20-21H2,1-4H3. The lowest BCUT2D eigenvalue weighted by molar-refractivity contribution is 0.0682. The molecule has 0 N–H and O–H groups in total. The van der Waals surface area contributed by atoms with E-state index in [1.165, 1.54) is 24.1 Å². The molecule has 7 nitrogen and oxygen atoms in total. The molecule has 5 rings (SSSR count). The molecule has 0 radical (unpaired) electrons. The van der Waals surface area contributed by atoms with E-state index in [0.29, 0.717) is 5.92 Å². The number of hydrogen-bond acceptors (Lipinski definition) is 6. The second-order valence-electron chi connectivity index (χ2n) is 10.7. The molecule has 1 saturated carbocycles. The summed E-state index contributed by atoms with van der Waals surface area (Å²) in [6, 6.07) is 10.7. The molecule has 1 aliphatic heterocycles. The topological polar surface area (TPSA) is 57.5 Å². The van der Waals surface area contributed by atoms with Crippen LogP contribution in [0.15, 0.2) is 30.3 Å². The van der Waals surface area contributed by atoms with E-state index in [2.05, 4.69) is 46.7 Å². The van der Waals surface area contributed by atoms with Gasteiger partial charge in [0.05, 0.1) is 42.4 Å². The molecule has 3 heterocycles. The van der Waals surface area contributed by atoms with E-state index in [-0.39, 0.29) is 0 Å². The molecule has 206 valence electrons. The Balaban J connectivity index is 1.58. The van der Waals surface area contributed by atoms with Crippen LogP contribution in [-0.2, 0) is 22.3 Å². The molecular weight excluding hydrogens is 478 g/mol. The van der Waals surface area contributed by atoms with Gasteiger partial charge in [-0.15, -0.1) is 0 Å². The zero-order valence-corrected chi connectivity index (χ0v) is 23.5. The number of hydrogen-bond donors (Lipinski definition) is 0. The molecule has 0 amide bonds. The van der Waals surface area contributed by atoms with Crippen LogP contribution >= 0.6 is 0 Å². The summed E-state index contributed by atoms with van der Waals surface area (Å²) in [5.41, 5.74) is 6.69. The Morgan fingerprint density at radius 3 is 2.26 bits per heavy atom. The molecule has 0 unspecified atom stereocenters. The van der Waals surface area contributed by atoms with Crippen molar-refractivity contribution in [3.63, 3.8) is 0 Å². The van der Waals surface area contributed by atoms with E-state index >= 15 is 0 Å². The molecule has 0 atom stereocenters. The predicted octanol–water partition coefficient (Wildman–Crippen LogP) is 5.80. The monoisotopic (exact) mass is 521 g/mol. The zero-order chi connectivity index (χ0) is 26.5. The van der Waals surface area contributed by atoms with Crippen molar-refractivity contribution in [2.24, 2.45) is 11.8 Å². The molecular formula is C31H43N3O4. The van der Waals surface area contributed by atoms with Crippen LogP contribution in [0.25, 0.3) is 16.8 Å². The third kappa shape index (κ3) is 5.79. The van der Waals surface area contributed by atoms with Gasteiger partial charge in [-0.05, 0) is 86.6 Å². The molecule has 7 heteroatoms. The maximum atomic E-state index is 5.94. The van der Waals surface area contributed by atoms with Crippen LogP contribution < -0.4 is 14.4 Å². The molecule has 0 bridgehead atoms. The van der Waals surface area contributed by atoms with Crippen molar-refractivity contribution in [3.05, 3.63) is 41.6 Å². The SMILES string of the molecule is CCc1nn2c(-c3c(OC)cc(CCCOC)cc3OC)cccc2c1N(CC1CCOCC1)CC1CC1. The number of pyridine rings is 1.